The van der Waals surface area contributed by atoms with Gasteiger partial charge in [0, 0.05) is 68.2 Å². The Morgan fingerprint density at radius 1 is 0.145 bits per heavy atom. The van der Waals surface area contributed by atoms with Gasteiger partial charge in [0.2, 0.25) is 0 Å². The lowest BCUT2D eigenvalue weighted by Gasteiger charge is -2.30. The second-order valence-electron chi connectivity index (χ2n) is 15.1. The highest BCUT2D eigenvalue weighted by Crippen LogP contribution is 2.43. The van der Waals surface area contributed by atoms with E-state index in [0.29, 0.717) is 0 Å². The van der Waals surface area contributed by atoms with Crippen molar-refractivity contribution >= 4 is 79.0 Å². The van der Waals surface area contributed by atoms with Crippen molar-refractivity contribution in [1.82, 2.24) is 0 Å². The quantitative estimate of drug-likeness (QED) is 0.122. The fraction of sp³-hybridized carbons (Fsp3) is 0. The van der Waals surface area contributed by atoms with E-state index >= 15 is 0 Å². The fourth-order valence-corrected chi connectivity index (χ4v) is 8.24. The Morgan fingerprint density at radius 2 is 0.339 bits per heavy atom. The highest BCUT2D eigenvalue weighted by Gasteiger charge is 2.19. The second-order valence-corrected chi connectivity index (χ2v) is 15.1. The molecule has 0 heterocycles. The topological polar surface area (TPSA) is 13.0 Å². The maximum atomic E-state index is 2.34. The van der Waals surface area contributed by atoms with E-state index in [0.717, 1.165) is 68.2 Å². The molecule has 0 unspecified atom stereocenters. The summed E-state index contributed by atoms with van der Waals surface area (Å²) in [5, 5.41) is 2.43. The minimum atomic E-state index is 1.05. The number of hydrogen-bond acceptors (Lipinski definition) is 4. The molecule has 0 fully saturated rings. The van der Waals surface area contributed by atoms with E-state index in [1.807, 2.05) is 0 Å². The Balaban J connectivity index is 1.06. The average molecular weight is 797 g/mol. The molecule has 0 aromatic heterocycles. The number of fused-ring (bicyclic) bond motifs is 1. The minimum Gasteiger partial charge on any atom is -0.311 e. The fourth-order valence-electron chi connectivity index (χ4n) is 8.24. The first kappa shape index (κ1) is 37.9. The molecule has 0 aliphatic carbocycles. The number of benzene rings is 10. The van der Waals surface area contributed by atoms with Crippen LogP contribution in [0.1, 0.15) is 0 Å². The Kier molecular flexibility index (Phi) is 10.7. The third-order valence-electron chi connectivity index (χ3n) is 11.2. The molecule has 0 aliphatic heterocycles. The normalized spacial score (nSPS) is 10.9. The first-order valence-corrected chi connectivity index (χ1v) is 21.0. The van der Waals surface area contributed by atoms with Gasteiger partial charge >= 0.3 is 0 Å². The molecule has 0 aliphatic rings. The van der Waals surface area contributed by atoms with Crippen LogP contribution in [0.3, 0.4) is 0 Å². The summed E-state index contributed by atoms with van der Waals surface area (Å²) in [6, 6.07) is 94.7. The molecule has 10 aromatic carbocycles. The molecule has 0 spiro atoms. The smallest absolute Gasteiger partial charge is 0.0468 e. The van der Waals surface area contributed by atoms with Crippen LogP contribution in [-0.2, 0) is 0 Å². The van der Waals surface area contributed by atoms with E-state index < -0.39 is 0 Å². The lowest BCUT2D eigenvalue weighted by atomic mass is 10.1. The van der Waals surface area contributed by atoms with Crippen molar-refractivity contribution < 1.29 is 0 Å². The van der Waals surface area contributed by atoms with Gasteiger partial charge in [0.1, 0.15) is 0 Å². The van der Waals surface area contributed by atoms with Crippen molar-refractivity contribution in [2.24, 2.45) is 0 Å². The van der Waals surface area contributed by atoms with Crippen molar-refractivity contribution in [2.75, 3.05) is 19.6 Å². The summed E-state index contributed by atoms with van der Waals surface area (Å²) in [5.41, 5.74) is 13.0. The van der Waals surface area contributed by atoms with Gasteiger partial charge in [-0.25, -0.2) is 0 Å². The lowest BCUT2D eigenvalue weighted by molar-refractivity contribution is 1.24. The number of nitrogens with zero attached hydrogens (tertiary/aromatic N) is 4. The van der Waals surface area contributed by atoms with E-state index in [1.54, 1.807) is 0 Å². The molecule has 0 saturated carbocycles. The van der Waals surface area contributed by atoms with Gasteiger partial charge in [-0.15, -0.1) is 0 Å². The minimum absolute atomic E-state index is 1.05. The maximum absolute atomic E-state index is 2.34. The van der Waals surface area contributed by atoms with Crippen molar-refractivity contribution in [3.8, 4) is 0 Å². The Bertz CT molecular complexity index is 2770. The average Bonchev–Trinajstić information content (AvgIpc) is 3.35. The molecule has 62 heavy (non-hydrogen) atoms. The molecule has 4 heteroatoms. The van der Waals surface area contributed by atoms with Gasteiger partial charge in [-0.2, -0.15) is 0 Å². The van der Waals surface area contributed by atoms with Gasteiger partial charge in [-0.1, -0.05) is 121 Å². The van der Waals surface area contributed by atoms with Gasteiger partial charge < -0.3 is 19.6 Å². The third-order valence-corrected chi connectivity index (χ3v) is 11.2. The molecule has 10 aromatic rings. The summed E-state index contributed by atoms with van der Waals surface area (Å²) in [5.74, 6) is 0. The monoisotopic (exact) mass is 796 g/mol. The summed E-state index contributed by atoms with van der Waals surface area (Å²) in [4.78, 5) is 9.26. The van der Waals surface area contributed by atoms with Crippen LogP contribution in [0.25, 0.3) is 10.8 Å². The van der Waals surface area contributed by atoms with Crippen LogP contribution in [0.15, 0.2) is 267 Å². The summed E-state index contributed by atoms with van der Waals surface area (Å²) < 4.78 is 0. The van der Waals surface area contributed by atoms with Crippen LogP contribution in [0.2, 0.25) is 0 Å². The Hall–Kier alpha value is -8.34. The van der Waals surface area contributed by atoms with Crippen molar-refractivity contribution in [2.45, 2.75) is 0 Å². The van der Waals surface area contributed by atoms with Crippen LogP contribution >= 0.6 is 0 Å². The van der Waals surface area contributed by atoms with E-state index in [4.69, 9.17) is 0 Å². The number of anilines is 12. The van der Waals surface area contributed by atoms with Gasteiger partial charge in [0.05, 0.1) is 0 Å². The molecule has 0 radical (unpaired) electrons. The molecule has 0 bridgehead atoms. The van der Waals surface area contributed by atoms with Gasteiger partial charge in [0.25, 0.3) is 0 Å². The van der Waals surface area contributed by atoms with Crippen LogP contribution in [-0.4, -0.2) is 0 Å². The summed E-state index contributed by atoms with van der Waals surface area (Å²) in [6.45, 7) is 0. The third kappa shape index (κ3) is 7.89. The summed E-state index contributed by atoms with van der Waals surface area (Å²) in [6.07, 6.45) is 0. The second kappa shape index (κ2) is 17.5. The Labute approximate surface area is 364 Å². The first-order valence-electron chi connectivity index (χ1n) is 21.0. The predicted octanol–water partition coefficient (Wildman–Crippen LogP) is 16.7. The van der Waals surface area contributed by atoms with E-state index in [1.165, 1.54) is 10.8 Å². The number of hydrogen-bond donors (Lipinski definition) is 0. The van der Waals surface area contributed by atoms with Gasteiger partial charge in [-0.3, -0.25) is 0 Å². The lowest BCUT2D eigenvalue weighted by Crippen LogP contribution is -2.13. The van der Waals surface area contributed by atoms with E-state index in [9.17, 15) is 0 Å². The van der Waals surface area contributed by atoms with Crippen molar-refractivity contribution in [1.29, 1.82) is 0 Å². The molecule has 0 saturated heterocycles. The van der Waals surface area contributed by atoms with Crippen LogP contribution in [0.4, 0.5) is 68.2 Å². The van der Waals surface area contributed by atoms with Crippen LogP contribution in [0.5, 0.6) is 0 Å². The van der Waals surface area contributed by atoms with E-state index in [2.05, 4.69) is 287 Å². The molecular formula is C58H44N4. The molecule has 0 atom stereocenters. The number of para-hydroxylation sites is 5. The summed E-state index contributed by atoms with van der Waals surface area (Å²) in [7, 11) is 0. The molecule has 10 rings (SSSR count). The molecule has 296 valence electrons. The zero-order valence-corrected chi connectivity index (χ0v) is 34.2. The Morgan fingerprint density at radius 3 is 0.613 bits per heavy atom. The van der Waals surface area contributed by atoms with Gasteiger partial charge in [-0.05, 0) is 156 Å². The predicted molar refractivity (Wildman–Crippen MR) is 263 cm³/mol. The standard InChI is InChI=1S/C58H44N4/c1-6-20-47(21-7-1)59(48-22-8-2-9-23-48)52-32-36-54(37-33-52)61(55-38-34-53(35-39-55)60(49-24-10-3-11-25-49)50-26-12-4-13-27-50)56-40-42-57(43-41-56)62(51-28-14-5-15-29-51)58-31-30-45-18-16-17-19-46(45)44-58/h1-44H. The van der Waals surface area contributed by atoms with Crippen LogP contribution in [0, 0.1) is 0 Å². The highest BCUT2D eigenvalue weighted by atomic mass is 15.2. The SMILES string of the molecule is c1ccc(N(c2ccccc2)c2ccc(N(c3ccc(N(c4ccccc4)c4ccccc4)cc3)c3ccc(N(c4ccccc4)c4ccc5ccccc5c4)cc3)cc2)cc1. The zero-order valence-electron chi connectivity index (χ0n) is 34.2. The highest BCUT2D eigenvalue weighted by molar-refractivity contribution is 5.90. The maximum Gasteiger partial charge on any atom is 0.0468 e. The van der Waals surface area contributed by atoms with Gasteiger partial charge in [0.15, 0.2) is 0 Å². The molecule has 0 N–H and O–H groups in total. The van der Waals surface area contributed by atoms with Crippen molar-refractivity contribution in [3.05, 3.63) is 267 Å². The summed E-state index contributed by atoms with van der Waals surface area (Å²) >= 11 is 0. The van der Waals surface area contributed by atoms with Crippen molar-refractivity contribution in [3.63, 3.8) is 0 Å². The molecule has 4 nitrogen and oxygen atoms in total. The molecular weight excluding hydrogens is 753 g/mol. The molecule has 0 amide bonds. The number of rotatable bonds is 12. The first-order chi connectivity index (χ1) is 30.8. The van der Waals surface area contributed by atoms with Crippen LogP contribution < -0.4 is 19.6 Å². The zero-order chi connectivity index (χ0) is 41.5. The van der Waals surface area contributed by atoms with E-state index in [-0.39, 0.29) is 0 Å². The largest absolute Gasteiger partial charge is 0.311 e.